The van der Waals surface area contributed by atoms with Crippen molar-refractivity contribution in [1.29, 1.82) is 0 Å². The lowest BCUT2D eigenvalue weighted by Gasteiger charge is -2.27. The Hall–Kier alpha value is -1.49. The molecule has 0 aromatic carbocycles. The van der Waals surface area contributed by atoms with Gasteiger partial charge in [-0.3, -0.25) is 0 Å². The first-order chi connectivity index (χ1) is 9.56. The van der Waals surface area contributed by atoms with Gasteiger partial charge in [0.25, 0.3) is 0 Å². The summed E-state index contributed by atoms with van der Waals surface area (Å²) in [5.74, 6) is 0.731. The quantitative estimate of drug-likeness (QED) is 0.388. The highest BCUT2D eigenvalue weighted by molar-refractivity contribution is 6.36. The molecule has 1 aliphatic rings. The van der Waals surface area contributed by atoms with Gasteiger partial charge >= 0.3 is 0 Å². The molecule has 6 heteroatoms. The molecule has 0 atom stereocenters. The van der Waals surface area contributed by atoms with Gasteiger partial charge in [-0.05, 0) is 30.7 Å². The molecule has 0 spiro atoms. The van der Waals surface area contributed by atoms with Crippen molar-refractivity contribution >= 4 is 23.3 Å². The number of hydrogen-bond donors (Lipinski definition) is 2. The van der Waals surface area contributed by atoms with Crippen molar-refractivity contribution in [2.24, 2.45) is 16.3 Å². The molecule has 3 N–H and O–H groups in total. The van der Waals surface area contributed by atoms with Crippen LogP contribution in [-0.4, -0.2) is 29.1 Å². The summed E-state index contributed by atoms with van der Waals surface area (Å²) in [6, 6.07) is 1.66. The Labute approximate surface area is 124 Å². The summed E-state index contributed by atoms with van der Waals surface area (Å²) < 4.78 is 0. The molecule has 5 nitrogen and oxygen atoms in total. The third-order valence-corrected chi connectivity index (χ3v) is 4.86. The summed E-state index contributed by atoms with van der Waals surface area (Å²) in [5.41, 5.74) is 6.50. The summed E-state index contributed by atoms with van der Waals surface area (Å²) in [6.07, 6.45) is 5.09. The molecule has 1 aliphatic heterocycles. The molecule has 1 aromatic heterocycles. The van der Waals surface area contributed by atoms with Crippen LogP contribution in [0.2, 0.25) is 5.02 Å². The maximum Gasteiger partial charge on any atom is 0.171 e. The van der Waals surface area contributed by atoms with Crippen LogP contribution in [0.5, 0.6) is 0 Å². The molecule has 1 fully saturated rings. The van der Waals surface area contributed by atoms with Crippen LogP contribution in [0.1, 0.15) is 38.7 Å². The minimum Gasteiger partial charge on any atom is -0.409 e. The van der Waals surface area contributed by atoms with Gasteiger partial charge in [-0.2, -0.15) is 0 Å². The van der Waals surface area contributed by atoms with E-state index in [0.717, 1.165) is 38.2 Å². The van der Waals surface area contributed by atoms with Crippen molar-refractivity contribution in [1.82, 2.24) is 4.98 Å². The number of oxime groups is 1. The van der Waals surface area contributed by atoms with E-state index in [4.69, 9.17) is 22.5 Å². The molecule has 0 saturated carbocycles. The van der Waals surface area contributed by atoms with Crippen LogP contribution in [0, 0.1) is 5.41 Å². The van der Waals surface area contributed by atoms with E-state index in [0.29, 0.717) is 16.0 Å². The van der Waals surface area contributed by atoms with Crippen LogP contribution in [0.15, 0.2) is 17.4 Å². The van der Waals surface area contributed by atoms with E-state index in [1.165, 1.54) is 0 Å². The van der Waals surface area contributed by atoms with E-state index in [1.54, 1.807) is 12.3 Å². The second kappa shape index (κ2) is 5.87. The van der Waals surface area contributed by atoms with Crippen LogP contribution in [0.4, 0.5) is 5.82 Å². The van der Waals surface area contributed by atoms with Gasteiger partial charge < -0.3 is 15.8 Å². The standard InChI is InChI=1S/C14H21ClN4O/c1-3-14(4-2)6-8-19(9-14)13-11(15)10(5-7-17-13)12(16)18-20/h5,7,20H,3-4,6,8-9H2,1-2H3,(H2,16,18). The Bertz CT molecular complexity index is 514. The average Bonchev–Trinajstić information content (AvgIpc) is 2.91. The van der Waals surface area contributed by atoms with Gasteiger partial charge in [-0.1, -0.05) is 30.6 Å². The maximum atomic E-state index is 8.80. The third kappa shape index (κ3) is 2.54. The Morgan fingerprint density at radius 1 is 1.55 bits per heavy atom. The van der Waals surface area contributed by atoms with Gasteiger partial charge in [0, 0.05) is 24.8 Å². The molecule has 20 heavy (non-hydrogen) atoms. The van der Waals surface area contributed by atoms with Crippen molar-refractivity contribution in [2.45, 2.75) is 33.1 Å². The summed E-state index contributed by atoms with van der Waals surface area (Å²) in [7, 11) is 0. The van der Waals surface area contributed by atoms with E-state index < -0.39 is 0 Å². The fourth-order valence-electron chi connectivity index (χ4n) is 2.85. The summed E-state index contributed by atoms with van der Waals surface area (Å²) in [6.45, 7) is 6.35. The molecule has 0 bridgehead atoms. The molecule has 0 unspecified atom stereocenters. The number of aromatic nitrogens is 1. The highest BCUT2D eigenvalue weighted by Crippen LogP contribution is 2.40. The van der Waals surface area contributed by atoms with Gasteiger partial charge in [0.2, 0.25) is 0 Å². The minimum atomic E-state index is 0.00935. The van der Waals surface area contributed by atoms with Crippen molar-refractivity contribution in [2.75, 3.05) is 18.0 Å². The number of amidine groups is 1. The van der Waals surface area contributed by atoms with E-state index in [2.05, 4.69) is 28.9 Å². The first-order valence-electron chi connectivity index (χ1n) is 6.94. The second-order valence-corrected chi connectivity index (χ2v) is 5.74. The molecular formula is C14H21ClN4O. The van der Waals surface area contributed by atoms with Crippen molar-refractivity contribution in [3.8, 4) is 0 Å². The lowest BCUT2D eigenvalue weighted by atomic mass is 9.82. The molecule has 1 aromatic rings. The smallest absolute Gasteiger partial charge is 0.171 e. The molecule has 110 valence electrons. The van der Waals surface area contributed by atoms with Crippen LogP contribution in [-0.2, 0) is 0 Å². The molecule has 1 saturated heterocycles. The lowest BCUT2D eigenvalue weighted by molar-refractivity contribution is 0.301. The van der Waals surface area contributed by atoms with Gasteiger partial charge in [-0.25, -0.2) is 4.98 Å². The molecular weight excluding hydrogens is 276 g/mol. The predicted molar refractivity (Wildman–Crippen MR) is 81.6 cm³/mol. The normalized spacial score (nSPS) is 18.6. The second-order valence-electron chi connectivity index (χ2n) is 5.36. The van der Waals surface area contributed by atoms with E-state index >= 15 is 0 Å². The SMILES string of the molecule is CCC1(CC)CCN(c2nccc(/C(N)=N/O)c2Cl)C1. The highest BCUT2D eigenvalue weighted by Gasteiger charge is 2.36. The third-order valence-electron chi connectivity index (χ3n) is 4.49. The van der Waals surface area contributed by atoms with Gasteiger partial charge in [0.05, 0.1) is 5.02 Å². The first kappa shape index (κ1) is 14.9. The van der Waals surface area contributed by atoms with Crippen LogP contribution in [0.3, 0.4) is 0 Å². The maximum absolute atomic E-state index is 8.80. The Morgan fingerprint density at radius 3 is 2.80 bits per heavy atom. The summed E-state index contributed by atoms with van der Waals surface area (Å²) in [4.78, 5) is 6.57. The average molecular weight is 297 g/mol. The monoisotopic (exact) mass is 296 g/mol. The zero-order chi connectivity index (χ0) is 14.8. The zero-order valence-electron chi connectivity index (χ0n) is 11.9. The summed E-state index contributed by atoms with van der Waals surface area (Å²) in [5, 5.41) is 12.3. The molecule has 0 aliphatic carbocycles. The number of nitrogens with two attached hydrogens (primary N) is 1. The lowest BCUT2D eigenvalue weighted by Crippen LogP contribution is -2.27. The van der Waals surface area contributed by atoms with Crippen molar-refractivity contribution in [3.05, 3.63) is 22.8 Å². The predicted octanol–water partition coefficient (Wildman–Crippen LogP) is 2.85. The van der Waals surface area contributed by atoms with Crippen molar-refractivity contribution < 1.29 is 5.21 Å². The minimum absolute atomic E-state index is 0.00935. The zero-order valence-corrected chi connectivity index (χ0v) is 12.7. The number of pyridine rings is 1. The fraction of sp³-hybridized carbons (Fsp3) is 0.571. The van der Waals surface area contributed by atoms with Crippen LogP contribution >= 0.6 is 11.6 Å². The Morgan fingerprint density at radius 2 is 2.25 bits per heavy atom. The summed E-state index contributed by atoms with van der Waals surface area (Å²) >= 11 is 6.37. The topological polar surface area (TPSA) is 74.7 Å². The molecule has 0 amide bonds. The Balaban J connectivity index is 2.31. The van der Waals surface area contributed by atoms with E-state index in [-0.39, 0.29) is 5.84 Å². The van der Waals surface area contributed by atoms with Crippen molar-refractivity contribution in [3.63, 3.8) is 0 Å². The molecule has 2 heterocycles. The van der Waals surface area contributed by atoms with Gasteiger partial charge in [0.1, 0.15) is 5.82 Å². The van der Waals surface area contributed by atoms with Gasteiger partial charge in [0.15, 0.2) is 5.84 Å². The largest absolute Gasteiger partial charge is 0.409 e. The molecule has 2 rings (SSSR count). The van der Waals surface area contributed by atoms with Gasteiger partial charge in [-0.15, -0.1) is 0 Å². The molecule has 0 radical (unpaired) electrons. The highest BCUT2D eigenvalue weighted by atomic mass is 35.5. The van der Waals surface area contributed by atoms with Crippen LogP contribution < -0.4 is 10.6 Å². The van der Waals surface area contributed by atoms with E-state index in [1.807, 2.05) is 0 Å². The number of rotatable bonds is 4. The van der Waals surface area contributed by atoms with E-state index in [9.17, 15) is 0 Å². The number of hydrogen-bond acceptors (Lipinski definition) is 4. The fourth-order valence-corrected chi connectivity index (χ4v) is 3.18. The first-order valence-corrected chi connectivity index (χ1v) is 7.32. The Kier molecular flexibility index (Phi) is 4.38. The number of anilines is 1. The number of halogens is 1. The number of nitrogens with zero attached hydrogens (tertiary/aromatic N) is 3. The van der Waals surface area contributed by atoms with Crippen LogP contribution in [0.25, 0.3) is 0 Å².